The molecule has 0 bridgehead atoms. The Hall–Kier alpha value is -2.34. The van der Waals surface area contributed by atoms with E-state index in [1.54, 1.807) is 7.11 Å². The average molecular weight is 506 g/mol. The molecule has 1 fully saturated rings. The Morgan fingerprint density at radius 1 is 0.943 bits per heavy atom. The summed E-state index contributed by atoms with van der Waals surface area (Å²) in [6.07, 6.45) is -9.77. The highest BCUT2D eigenvalue weighted by molar-refractivity contribution is 5.37. The molecule has 35 heavy (non-hydrogen) atoms. The molecular weight excluding hydrogens is 476 g/mol. The molecule has 1 unspecified atom stereocenters. The Morgan fingerprint density at radius 2 is 1.54 bits per heavy atom. The van der Waals surface area contributed by atoms with Crippen LogP contribution in [0.4, 0.5) is 26.3 Å². The third kappa shape index (κ3) is 7.33. The molecule has 2 aromatic rings. The van der Waals surface area contributed by atoms with Crippen molar-refractivity contribution in [1.29, 1.82) is 0 Å². The standard InChI is InChI=1S/C24H29F6N3O2/c1-35-22-5-3-2-4-20(22)21(33-8-6-32(7-9-33)10-11-34)16-31-15-17-12-18(23(25,26)27)14-19(13-17)24(28,29)30/h2-5,12-14,21,31,34H,6-11,15-16H2,1H3. The fraction of sp³-hybridized carbons (Fsp3) is 0.500. The number of benzene rings is 2. The lowest BCUT2D eigenvalue weighted by molar-refractivity contribution is -0.143. The van der Waals surface area contributed by atoms with Crippen LogP contribution in [-0.4, -0.2) is 67.9 Å². The van der Waals surface area contributed by atoms with Crippen molar-refractivity contribution < 1.29 is 36.2 Å². The van der Waals surface area contributed by atoms with Crippen LogP contribution in [0.15, 0.2) is 42.5 Å². The summed E-state index contributed by atoms with van der Waals surface area (Å²) in [5, 5.41) is 12.2. The molecule has 1 aliphatic heterocycles. The fourth-order valence-corrected chi connectivity index (χ4v) is 4.29. The van der Waals surface area contributed by atoms with Gasteiger partial charge in [-0.3, -0.25) is 9.80 Å². The van der Waals surface area contributed by atoms with Crippen LogP contribution in [0.2, 0.25) is 0 Å². The predicted molar refractivity (Wildman–Crippen MR) is 119 cm³/mol. The second-order valence-corrected chi connectivity index (χ2v) is 8.40. The molecule has 0 aliphatic carbocycles. The molecule has 1 saturated heterocycles. The van der Waals surface area contributed by atoms with Gasteiger partial charge in [0.25, 0.3) is 0 Å². The average Bonchev–Trinajstić information content (AvgIpc) is 2.81. The number of nitrogens with zero attached hydrogens (tertiary/aromatic N) is 2. The van der Waals surface area contributed by atoms with Gasteiger partial charge in [-0.15, -0.1) is 0 Å². The Balaban J connectivity index is 1.79. The molecule has 0 radical (unpaired) electrons. The zero-order chi connectivity index (χ0) is 25.6. The Morgan fingerprint density at radius 3 is 2.09 bits per heavy atom. The second-order valence-electron chi connectivity index (χ2n) is 8.40. The van der Waals surface area contributed by atoms with Gasteiger partial charge in [0.15, 0.2) is 0 Å². The monoisotopic (exact) mass is 505 g/mol. The van der Waals surface area contributed by atoms with Gasteiger partial charge in [-0.25, -0.2) is 0 Å². The van der Waals surface area contributed by atoms with Gasteiger partial charge in [0, 0.05) is 51.4 Å². The van der Waals surface area contributed by atoms with Gasteiger partial charge in [0.1, 0.15) is 5.75 Å². The molecule has 0 amide bonds. The van der Waals surface area contributed by atoms with Gasteiger partial charge >= 0.3 is 12.4 Å². The zero-order valence-corrected chi connectivity index (χ0v) is 19.3. The summed E-state index contributed by atoms with van der Waals surface area (Å²) < 4.78 is 84.7. The smallest absolute Gasteiger partial charge is 0.416 e. The maximum Gasteiger partial charge on any atom is 0.416 e. The highest BCUT2D eigenvalue weighted by atomic mass is 19.4. The highest BCUT2D eigenvalue weighted by Gasteiger charge is 2.37. The van der Waals surface area contributed by atoms with E-state index in [2.05, 4.69) is 15.1 Å². The van der Waals surface area contributed by atoms with E-state index in [1.165, 1.54) is 0 Å². The summed E-state index contributed by atoms with van der Waals surface area (Å²) in [7, 11) is 1.55. The van der Waals surface area contributed by atoms with Crippen molar-refractivity contribution in [2.24, 2.45) is 0 Å². The lowest BCUT2D eigenvalue weighted by Crippen LogP contribution is -2.50. The third-order valence-electron chi connectivity index (χ3n) is 6.08. The maximum absolute atomic E-state index is 13.2. The highest BCUT2D eigenvalue weighted by Crippen LogP contribution is 2.36. The number of hydrogen-bond acceptors (Lipinski definition) is 5. The first kappa shape index (κ1) is 27.3. The summed E-state index contributed by atoms with van der Waals surface area (Å²) in [6.45, 7) is 3.60. The van der Waals surface area contributed by atoms with E-state index in [9.17, 15) is 31.4 Å². The minimum atomic E-state index is -4.88. The van der Waals surface area contributed by atoms with E-state index in [0.29, 0.717) is 25.4 Å². The molecule has 1 atom stereocenters. The summed E-state index contributed by atoms with van der Waals surface area (Å²) in [5.74, 6) is 0.649. The zero-order valence-electron chi connectivity index (χ0n) is 19.3. The maximum atomic E-state index is 13.2. The molecule has 1 heterocycles. The van der Waals surface area contributed by atoms with Crippen LogP contribution < -0.4 is 10.1 Å². The molecule has 0 saturated carbocycles. The van der Waals surface area contributed by atoms with E-state index >= 15 is 0 Å². The van der Waals surface area contributed by atoms with Gasteiger partial charge in [0.2, 0.25) is 0 Å². The fourth-order valence-electron chi connectivity index (χ4n) is 4.29. The lowest BCUT2D eigenvalue weighted by atomic mass is 10.0. The SMILES string of the molecule is COc1ccccc1C(CNCc1cc(C(F)(F)F)cc(C(F)(F)F)c1)N1CCN(CCO)CC1. The lowest BCUT2D eigenvalue weighted by Gasteiger charge is -2.39. The van der Waals surface area contributed by atoms with Crippen molar-refractivity contribution in [3.63, 3.8) is 0 Å². The van der Waals surface area contributed by atoms with Crippen LogP contribution in [0.3, 0.4) is 0 Å². The first-order chi connectivity index (χ1) is 16.5. The molecular formula is C24H29F6N3O2. The molecule has 2 aromatic carbocycles. The normalized spacial score (nSPS) is 16.9. The quantitative estimate of drug-likeness (QED) is 0.501. The molecule has 3 rings (SSSR count). The van der Waals surface area contributed by atoms with Crippen LogP contribution in [0.5, 0.6) is 5.75 Å². The van der Waals surface area contributed by atoms with Crippen molar-refractivity contribution in [2.75, 3.05) is 53.0 Å². The minimum Gasteiger partial charge on any atom is -0.496 e. The van der Waals surface area contributed by atoms with Crippen LogP contribution in [0, 0.1) is 0 Å². The predicted octanol–water partition coefficient (Wildman–Crippen LogP) is 4.17. The second kappa shape index (κ2) is 11.6. The van der Waals surface area contributed by atoms with Crippen LogP contribution in [0.25, 0.3) is 0 Å². The van der Waals surface area contributed by atoms with E-state index < -0.39 is 23.5 Å². The number of methoxy groups -OCH3 is 1. The number of piperazine rings is 1. The number of nitrogens with one attached hydrogen (secondary N) is 1. The number of rotatable bonds is 9. The van der Waals surface area contributed by atoms with Crippen molar-refractivity contribution in [1.82, 2.24) is 15.1 Å². The van der Waals surface area contributed by atoms with Gasteiger partial charge in [-0.1, -0.05) is 18.2 Å². The first-order valence-electron chi connectivity index (χ1n) is 11.2. The van der Waals surface area contributed by atoms with Crippen LogP contribution >= 0.6 is 0 Å². The van der Waals surface area contributed by atoms with Crippen LogP contribution in [0.1, 0.15) is 28.3 Å². The molecule has 5 nitrogen and oxygen atoms in total. The first-order valence-corrected chi connectivity index (χ1v) is 11.2. The van der Waals surface area contributed by atoms with Gasteiger partial charge in [-0.2, -0.15) is 26.3 Å². The van der Waals surface area contributed by atoms with Crippen LogP contribution in [-0.2, 0) is 18.9 Å². The molecule has 194 valence electrons. The number of aliphatic hydroxyl groups is 1. The van der Waals surface area contributed by atoms with Crippen molar-refractivity contribution >= 4 is 0 Å². The number of para-hydroxylation sites is 1. The largest absolute Gasteiger partial charge is 0.496 e. The van der Waals surface area contributed by atoms with Crippen molar-refractivity contribution in [3.05, 3.63) is 64.7 Å². The molecule has 2 N–H and O–H groups in total. The summed E-state index contributed by atoms with van der Waals surface area (Å²) >= 11 is 0. The van der Waals surface area contributed by atoms with Crippen molar-refractivity contribution in [3.8, 4) is 5.75 Å². The van der Waals surface area contributed by atoms with E-state index in [4.69, 9.17) is 4.74 Å². The third-order valence-corrected chi connectivity index (χ3v) is 6.08. The number of ether oxygens (including phenoxy) is 1. The van der Waals surface area contributed by atoms with E-state index in [0.717, 1.165) is 30.8 Å². The van der Waals surface area contributed by atoms with Crippen molar-refractivity contribution in [2.45, 2.75) is 24.9 Å². The molecule has 1 aliphatic rings. The number of aliphatic hydroxyl groups excluding tert-OH is 1. The summed E-state index contributed by atoms with van der Waals surface area (Å²) in [5.41, 5.74) is -1.88. The number of alkyl halides is 6. The Labute approximate surface area is 200 Å². The van der Waals surface area contributed by atoms with Gasteiger partial charge in [0.05, 0.1) is 30.9 Å². The molecule has 0 aromatic heterocycles. The Kier molecular flexibility index (Phi) is 9.03. The molecule has 0 spiro atoms. The minimum absolute atomic E-state index is 0.0639. The summed E-state index contributed by atoms with van der Waals surface area (Å²) in [4.78, 5) is 4.33. The number of hydrogen-bond donors (Lipinski definition) is 2. The van der Waals surface area contributed by atoms with E-state index in [-0.39, 0.29) is 37.4 Å². The number of halogens is 6. The Bertz CT molecular complexity index is 927. The molecule has 11 heteroatoms. The summed E-state index contributed by atoms with van der Waals surface area (Å²) in [6, 6.07) is 8.80. The topological polar surface area (TPSA) is 48.0 Å². The number of β-amino-alcohol motifs (C(OH)–C–C–N with tert-alkyl or cyclic N) is 1. The van der Waals surface area contributed by atoms with E-state index in [1.807, 2.05) is 24.3 Å². The van der Waals surface area contributed by atoms with Gasteiger partial charge < -0.3 is 15.2 Å². The van der Waals surface area contributed by atoms with Gasteiger partial charge in [-0.05, 0) is 29.8 Å².